The van der Waals surface area contributed by atoms with Gasteiger partial charge in [0, 0.05) is 6.61 Å². The van der Waals surface area contributed by atoms with Gasteiger partial charge >= 0.3 is 0 Å². The number of aliphatic hydroxyl groups excluding tert-OH is 3. The minimum atomic E-state index is -0.326. The van der Waals surface area contributed by atoms with Crippen LogP contribution in [-0.2, 0) is 0 Å². The van der Waals surface area contributed by atoms with Crippen LogP contribution in [0, 0.1) is 0 Å². The standard InChI is InChI=1S/C12H26O3/c1-11(14)7-5-3-2-4-6-8-12(15)9-10-13/h11-15H,2-10H2,1H3. The minimum Gasteiger partial charge on any atom is -0.396 e. The summed E-state index contributed by atoms with van der Waals surface area (Å²) in [5, 5.41) is 26.9. The fourth-order valence-electron chi connectivity index (χ4n) is 1.64. The quantitative estimate of drug-likeness (QED) is 0.490. The first kappa shape index (κ1) is 14.9. The summed E-state index contributed by atoms with van der Waals surface area (Å²) >= 11 is 0. The molecule has 3 heteroatoms. The second-order valence-corrected chi connectivity index (χ2v) is 4.36. The van der Waals surface area contributed by atoms with E-state index in [1.165, 1.54) is 12.8 Å². The number of rotatable bonds is 10. The molecule has 0 rings (SSSR count). The Hall–Kier alpha value is -0.120. The van der Waals surface area contributed by atoms with E-state index >= 15 is 0 Å². The number of aliphatic hydroxyl groups is 3. The topological polar surface area (TPSA) is 60.7 Å². The maximum atomic E-state index is 9.33. The van der Waals surface area contributed by atoms with Crippen LogP contribution in [-0.4, -0.2) is 34.1 Å². The normalized spacial score (nSPS) is 15.2. The van der Waals surface area contributed by atoms with E-state index in [0.717, 1.165) is 32.1 Å². The van der Waals surface area contributed by atoms with Crippen LogP contribution >= 0.6 is 0 Å². The van der Waals surface area contributed by atoms with Gasteiger partial charge in [0.25, 0.3) is 0 Å². The second kappa shape index (κ2) is 10.4. The Morgan fingerprint density at radius 2 is 1.33 bits per heavy atom. The van der Waals surface area contributed by atoms with Crippen molar-refractivity contribution < 1.29 is 15.3 Å². The molecule has 92 valence electrons. The fourth-order valence-corrected chi connectivity index (χ4v) is 1.64. The van der Waals surface area contributed by atoms with Crippen molar-refractivity contribution in [2.75, 3.05) is 6.61 Å². The second-order valence-electron chi connectivity index (χ2n) is 4.36. The smallest absolute Gasteiger partial charge is 0.0562 e. The minimum absolute atomic E-state index is 0.0789. The lowest BCUT2D eigenvalue weighted by atomic mass is 10.0. The third-order valence-electron chi connectivity index (χ3n) is 2.62. The van der Waals surface area contributed by atoms with E-state index in [9.17, 15) is 5.11 Å². The molecule has 0 heterocycles. The lowest BCUT2D eigenvalue weighted by Crippen LogP contribution is -2.08. The summed E-state index contributed by atoms with van der Waals surface area (Å²) in [4.78, 5) is 0. The van der Waals surface area contributed by atoms with E-state index < -0.39 is 0 Å². The van der Waals surface area contributed by atoms with Crippen LogP contribution in [0.4, 0.5) is 0 Å². The molecule has 0 bridgehead atoms. The van der Waals surface area contributed by atoms with Crippen molar-refractivity contribution in [3.05, 3.63) is 0 Å². The zero-order valence-corrected chi connectivity index (χ0v) is 9.86. The van der Waals surface area contributed by atoms with Gasteiger partial charge in [0.05, 0.1) is 12.2 Å². The molecule has 3 nitrogen and oxygen atoms in total. The molecule has 0 aromatic rings. The van der Waals surface area contributed by atoms with E-state index in [1.807, 2.05) is 6.92 Å². The predicted octanol–water partition coefficient (Wildman–Crippen LogP) is 1.84. The zero-order chi connectivity index (χ0) is 11.5. The highest BCUT2D eigenvalue weighted by atomic mass is 16.3. The van der Waals surface area contributed by atoms with Gasteiger partial charge in [-0.05, 0) is 26.2 Å². The van der Waals surface area contributed by atoms with Gasteiger partial charge < -0.3 is 15.3 Å². The third-order valence-corrected chi connectivity index (χ3v) is 2.62. The van der Waals surface area contributed by atoms with Gasteiger partial charge in [-0.3, -0.25) is 0 Å². The summed E-state index contributed by atoms with van der Waals surface area (Å²) < 4.78 is 0. The van der Waals surface area contributed by atoms with E-state index in [2.05, 4.69) is 0 Å². The molecular weight excluding hydrogens is 192 g/mol. The first-order chi connectivity index (χ1) is 7.16. The van der Waals surface area contributed by atoms with Crippen molar-refractivity contribution in [3.8, 4) is 0 Å². The lowest BCUT2D eigenvalue weighted by molar-refractivity contribution is 0.122. The van der Waals surface area contributed by atoms with E-state index in [-0.39, 0.29) is 18.8 Å². The molecule has 0 spiro atoms. The molecule has 0 aromatic heterocycles. The van der Waals surface area contributed by atoms with Crippen LogP contribution in [0.2, 0.25) is 0 Å². The molecule has 3 N–H and O–H groups in total. The molecule has 0 aliphatic heterocycles. The van der Waals surface area contributed by atoms with Gasteiger partial charge in [-0.15, -0.1) is 0 Å². The lowest BCUT2D eigenvalue weighted by Gasteiger charge is -2.08. The SMILES string of the molecule is CC(O)CCCCCCCC(O)CCO. The monoisotopic (exact) mass is 218 g/mol. The highest BCUT2D eigenvalue weighted by Gasteiger charge is 2.02. The highest BCUT2D eigenvalue weighted by Crippen LogP contribution is 2.10. The van der Waals surface area contributed by atoms with Gasteiger partial charge in [-0.1, -0.05) is 32.1 Å². The van der Waals surface area contributed by atoms with Crippen molar-refractivity contribution >= 4 is 0 Å². The Bertz CT molecular complexity index is 126. The fraction of sp³-hybridized carbons (Fsp3) is 1.00. The van der Waals surface area contributed by atoms with Gasteiger partial charge in [0.15, 0.2) is 0 Å². The molecule has 2 unspecified atom stereocenters. The maximum Gasteiger partial charge on any atom is 0.0562 e. The van der Waals surface area contributed by atoms with Crippen LogP contribution < -0.4 is 0 Å². The van der Waals surface area contributed by atoms with Gasteiger partial charge in [0.1, 0.15) is 0 Å². The highest BCUT2D eigenvalue weighted by molar-refractivity contribution is 4.55. The van der Waals surface area contributed by atoms with Gasteiger partial charge in [-0.25, -0.2) is 0 Å². The maximum absolute atomic E-state index is 9.33. The van der Waals surface area contributed by atoms with E-state index in [1.54, 1.807) is 0 Å². The van der Waals surface area contributed by atoms with Crippen LogP contribution in [0.15, 0.2) is 0 Å². The van der Waals surface area contributed by atoms with E-state index in [0.29, 0.717) is 6.42 Å². The van der Waals surface area contributed by atoms with Crippen LogP contribution in [0.5, 0.6) is 0 Å². The first-order valence-electron chi connectivity index (χ1n) is 6.13. The number of hydrogen-bond donors (Lipinski definition) is 3. The average molecular weight is 218 g/mol. The number of hydrogen-bond acceptors (Lipinski definition) is 3. The summed E-state index contributed by atoms with van der Waals surface area (Å²) in [7, 11) is 0. The molecule has 0 fully saturated rings. The summed E-state index contributed by atoms with van der Waals surface area (Å²) in [6, 6.07) is 0. The Morgan fingerprint density at radius 3 is 1.87 bits per heavy atom. The van der Waals surface area contributed by atoms with Crippen molar-refractivity contribution in [2.45, 2.75) is 70.5 Å². The Balaban J connectivity index is 3.04. The van der Waals surface area contributed by atoms with Crippen LogP contribution in [0.25, 0.3) is 0 Å². The summed E-state index contributed by atoms with van der Waals surface area (Å²) in [5.41, 5.74) is 0. The molecule has 0 amide bonds. The molecule has 15 heavy (non-hydrogen) atoms. The molecule has 0 saturated carbocycles. The number of unbranched alkanes of at least 4 members (excludes halogenated alkanes) is 4. The molecule has 0 aliphatic rings. The van der Waals surface area contributed by atoms with Crippen molar-refractivity contribution in [2.24, 2.45) is 0 Å². The largest absolute Gasteiger partial charge is 0.396 e. The molecule has 0 aliphatic carbocycles. The average Bonchev–Trinajstić information content (AvgIpc) is 2.16. The Kier molecular flexibility index (Phi) is 10.3. The predicted molar refractivity (Wildman–Crippen MR) is 61.7 cm³/mol. The van der Waals surface area contributed by atoms with Crippen molar-refractivity contribution in [1.82, 2.24) is 0 Å². The van der Waals surface area contributed by atoms with Gasteiger partial charge in [-0.2, -0.15) is 0 Å². The molecular formula is C12H26O3. The molecule has 2 atom stereocenters. The molecule has 0 aromatic carbocycles. The van der Waals surface area contributed by atoms with E-state index in [4.69, 9.17) is 10.2 Å². The Morgan fingerprint density at radius 1 is 0.800 bits per heavy atom. The summed E-state index contributed by atoms with van der Waals surface area (Å²) in [6.07, 6.45) is 7.32. The zero-order valence-electron chi connectivity index (χ0n) is 9.86. The van der Waals surface area contributed by atoms with Crippen LogP contribution in [0.1, 0.15) is 58.3 Å². The third kappa shape index (κ3) is 11.8. The van der Waals surface area contributed by atoms with Crippen LogP contribution in [0.3, 0.4) is 0 Å². The Labute approximate surface area is 93.1 Å². The summed E-state index contributed by atoms with van der Waals surface area (Å²) in [6.45, 7) is 1.90. The summed E-state index contributed by atoms with van der Waals surface area (Å²) in [5.74, 6) is 0. The first-order valence-corrected chi connectivity index (χ1v) is 6.13. The van der Waals surface area contributed by atoms with Gasteiger partial charge in [0.2, 0.25) is 0 Å². The molecule has 0 saturated heterocycles. The molecule has 0 radical (unpaired) electrons. The van der Waals surface area contributed by atoms with Crippen molar-refractivity contribution in [3.63, 3.8) is 0 Å². The van der Waals surface area contributed by atoms with Crippen molar-refractivity contribution in [1.29, 1.82) is 0 Å².